The Kier molecular flexibility index (Phi) is 4.54. The molecule has 0 aliphatic heterocycles. The smallest absolute Gasteiger partial charge is 0.183 e. The van der Waals surface area contributed by atoms with E-state index in [1.54, 1.807) is 11.3 Å². The van der Waals surface area contributed by atoms with Gasteiger partial charge < -0.3 is 11.1 Å². The van der Waals surface area contributed by atoms with E-state index in [-0.39, 0.29) is 6.04 Å². The topological polar surface area (TPSA) is 50.9 Å². The van der Waals surface area contributed by atoms with Gasteiger partial charge in [-0.15, -0.1) is 11.3 Å². The van der Waals surface area contributed by atoms with Gasteiger partial charge in [-0.2, -0.15) is 0 Å². The highest BCUT2D eigenvalue weighted by Gasteiger charge is 2.07. The zero-order valence-corrected chi connectivity index (χ0v) is 10.8. The van der Waals surface area contributed by atoms with Gasteiger partial charge in [-0.3, -0.25) is 0 Å². The van der Waals surface area contributed by atoms with E-state index in [0.717, 1.165) is 23.8 Å². The molecule has 86 valence electrons. The summed E-state index contributed by atoms with van der Waals surface area (Å²) in [7, 11) is 0. The van der Waals surface area contributed by atoms with Gasteiger partial charge in [0, 0.05) is 17.5 Å². The van der Waals surface area contributed by atoms with Crippen LogP contribution in [-0.2, 0) is 0 Å². The number of hydrogen-bond donors (Lipinski definition) is 2. The lowest BCUT2D eigenvalue weighted by Gasteiger charge is -2.13. The lowest BCUT2D eigenvalue weighted by atomic mass is 10.1. The summed E-state index contributed by atoms with van der Waals surface area (Å²) >= 11 is 1.70. The Morgan fingerprint density at radius 2 is 2.07 bits per heavy atom. The van der Waals surface area contributed by atoms with E-state index < -0.39 is 0 Å². The maximum absolute atomic E-state index is 5.98. The van der Waals surface area contributed by atoms with Gasteiger partial charge in [-0.25, -0.2) is 4.98 Å². The first-order valence-corrected chi connectivity index (χ1v) is 6.24. The third-order valence-corrected chi connectivity index (χ3v) is 3.35. The Morgan fingerprint density at radius 3 is 2.53 bits per heavy atom. The highest BCUT2D eigenvalue weighted by molar-refractivity contribution is 7.15. The summed E-state index contributed by atoms with van der Waals surface area (Å²) in [5, 5.41) is 4.28. The molecule has 0 bridgehead atoms. The van der Waals surface area contributed by atoms with E-state index in [0.29, 0.717) is 5.92 Å². The lowest BCUT2D eigenvalue weighted by Crippen LogP contribution is -2.30. The molecular weight excluding hydrogens is 206 g/mol. The van der Waals surface area contributed by atoms with Crippen LogP contribution in [0.15, 0.2) is 0 Å². The molecule has 4 heteroatoms. The average Bonchev–Trinajstić information content (AvgIpc) is 2.42. The zero-order valence-electron chi connectivity index (χ0n) is 10.0. The van der Waals surface area contributed by atoms with Crippen molar-refractivity contribution in [3.63, 3.8) is 0 Å². The molecule has 0 aromatic carbocycles. The summed E-state index contributed by atoms with van der Waals surface area (Å²) in [5.41, 5.74) is 7.09. The number of thiazole rings is 1. The highest BCUT2D eigenvalue weighted by Crippen LogP contribution is 2.20. The Balaban J connectivity index is 2.36. The van der Waals surface area contributed by atoms with Crippen LogP contribution in [0.25, 0.3) is 0 Å². The van der Waals surface area contributed by atoms with Crippen LogP contribution in [0.2, 0.25) is 0 Å². The molecule has 1 rings (SSSR count). The standard InChI is InChI=1S/C11H21N3S/c1-7(2)5-10(12)6-13-11-14-8(3)9(4)15-11/h7,10H,5-6,12H2,1-4H3,(H,13,14). The Hall–Kier alpha value is -0.610. The molecule has 0 saturated heterocycles. The van der Waals surface area contributed by atoms with Crippen molar-refractivity contribution in [2.75, 3.05) is 11.9 Å². The predicted octanol–water partition coefficient (Wildman–Crippen LogP) is 2.55. The Labute approximate surface area is 96.1 Å². The molecule has 0 spiro atoms. The first-order valence-electron chi connectivity index (χ1n) is 5.42. The van der Waals surface area contributed by atoms with Crippen molar-refractivity contribution in [3.8, 4) is 0 Å². The van der Waals surface area contributed by atoms with Gasteiger partial charge in [0.15, 0.2) is 5.13 Å². The minimum absolute atomic E-state index is 0.217. The molecule has 0 aliphatic rings. The fourth-order valence-electron chi connectivity index (χ4n) is 1.46. The summed E-state index contributed by atoms with van der Waals surface area (Å²) in [4.78, 5) is 5.69. The van der Waals surface area contributed by atoms with E-state index >= 15 is 0 Å². The van der Waals surface area contributed by atoms with E-state index in [9.17, 15) is 0 Å². The van der Waals surface area contributed by atoms with Crippen molar-refractivity contribution < 1.29 is 0 Å². The third-order valence-electron chi connectivity index (χ3n) is 2.32. The van der Waals surface area contributed by atoms with Gasteiger partial charge in [-0.05, 0) is 26.2 Å². The SMILES string of the molecule is Cc1nc(NCC(N)CC(C)C)sc1C. The van der Waals surface area contributed by atoms with Gasteiger partial charge >= 0.3 is 0 Å². The van der Waals surface area contributed by atoms with Crippen LogP contribution in [0.4, 0.5) is 5.13 Å². The van der Waals surface area contributed by atoms with Gasteiger partial charge in [0.1, 0.15) is 0 Å². The summed E-state index contributed by atoms with van der Waals surface area (Å²) in [6, 6.07) is 0.217. The zero-order chi connectivity index (χ0) is 11.4. The van der Waals surface area contributed by atoms with Crippen molar-refractivity contribution >= 4 is 16.5 Å². The lowest BCUT2D eigenvalue weighted by molar-refractivity contribution is 0.508. The van der Waals surface area contributed by atoms with Crippen LogP contribution in [-0.4, -0.2) is 17.6 Å². The molecule has 1 unspecified atom stereocenters. The number of nitrogens with one attached hydrogen (secondary N) is 1. The van der Waals surface area contributed by atoms with Crippen molar-refractivity contribution in [2.45, 2.75) is 40.2 Å². The fourth-order valence-corrected chi connectivity index (χ4v) is 2.28. The molecule has 1 aromatic rings. The van der Waals surface area contributed by atoms with Crippen molar-refractivity contribution in [3.05, 3.63) is 10.6 Å². The van der Waals surface area contributed by atoms with E-state index in [1.807, 2.05) is 6.92 Å². The quantitative estimate of drug-likeness (QED) is 0.813. The maximum atomic E-state index is 5.98. The van der Waals surface area contributed by atoms with Crippen LogP contribution in [0.1, 0.15) is 30.8 Å². The first kappa shape index (κ1) is 12.5. The number of aromatic nitrogens is 1. The van der Waals surface area contributed by atoms with E-state index in [1.165, 1.54) is 4.88 Å². The molecule has 3 N–H and O–H groups in total. The summed E-state index contributed by atoms with van der Waals surface area (Å²) in [6.07, 6.45) is 1.05. The van der Waals surface area contributed by atoms with Crippen LogP contribution in [0.5, 0.6) is 0 Å². The fraction of sp³-hybridized carbons (Fsp3) is 0.727. The third kappa shape index (κ3) is 4.18. The molecule has 0 saturated carbocycles. The molecule has 3 nitrogen and oxygen atoms in total. The number of hydrogen-bond acceptors (Lipinski definition) is 4. The largest absolute Gasteiger partial charge is 0.360 e. The summed E-state index contributed by atoms with van der Waals surface area (Å²) in [5.74, 6) is 0.654. The first-order chi connectivity index (χ1) is 6.99. The molecule has 1 heterocycles. The molecule has 15 heavy (non-hydrogen) atoms. The monoisotopic (exact) mass is 227 g/mol. The van der Waals surface area contributed by atoms with Crippen LogP contribution in [0.3, 0.4) is 0 Å². The minimum Gasteiger partial charge on any atom is -0.360 e. The molecule has 1 aromatic heterocycles. The second-order valence-electron chi connectivity index (χ2n) is 4.43. The summed E-state index contributed by atoms with van der Waals surface area (Å²) in [6.45, 7) is 9.32. The van der Waals surface area contributed by atoms with E-state index in [4.69, 9.17) is 5.73 Å². The molecule has 0 amide bonds. The number of aryl methyl sites for hydroxylation is 2. The normalized spacial score (nSPS) is 13.2. The Bertz CT molecular complexity index is 287. The number of anilines is 1. The van der Waals surface area contributed by atoms with Gasteiger partial charge in [0.05, 0.1) is 5.69 Å². The number of rotatable bonds is 5. The Morgan fingerprint density at radius 1 is 1.40 bits per heavy atom. The van der Waals surface area contributed by atoms with Gasteiger partial charge in [0.25, 0.3) is 0 Å². The van der Waals surface area contributed by atoms with Crippen molar-refractivity contribution in [1.29, 1.82) is 0 Å². The number of nitrogens with two attached hydrogens (primary N) is 1. The second-order valence-corrected chi connectivity index (χ2v) is 5.63. The van der Waals surface area contributed by atoms with Crippen molar-refractivity contribution in [1.82, 2.24) is 4.98 Å². The molecule has 1 atom stereocenters. The highest BCUT2D eigenvalue weighted by atomic mass is 32.1. The van der Waals surface area contributed by atoms with Crippen LogP contribution in [0, 0.1) is 19.8 Å². The molecule has 0 radical (unpaired) electrons. The maximum Gasteiger partial charge on any atom is 0.183 e. The van der Waals surface area contributed by atoms with E-state index in [2.05, 4.69) is 31.1 Å². The molecule has 0 aliphatic carbocycles. The van der Waals surface area contributed by atoms with Crippen LogP contribution < -0.4 is 11.1 Å². The van der Waals surface area contributed by atoms with Crippen molar-refractivity contribution in [2.24, 2.45) is 11.7 Å². The summed E-state index contributed by atoms with van der Waals surface area (Å²) < 4.78 is 0. The molecule has 0 fully saturated rings. The second kappa shape index (κ2) is 5.47. The molecular formula is C11H21N3S. The van der Waals surface area contributed by atoms with Crippen LogP contribution >= 0.6 is 11.3 Å². The number of nitrogens with zero attached hydrogens (tertiary/aromatic N) is 1. The van der Waals surface area contributed by atoms with Gasteiger partial charge in [-0.1, -0.05) is 13.8 Å². The minimum atomic E-state index is 0.217. The average molecular weight is 227 g/mol. The predicted molar refractivity (Wildman–Crippen MR) is 67.5 cm³/mol. The van der Waals surface area contributed by atoms with Gasteiger partial charge in [0.2, 0.25) is 0 Å².